The van der Waals surface area contributed by atoms with Gasteiger partial charge in [-0.15, -0.1) is 0 Å². The highest BCUT2D eigenvalue weighted by molar-refractivity contribution is 5.83. The molecule has 5 nitrogen and oxygen atoms in total. The van der Waals surface area contributed by atoms with Crippen LogP contribution in [0.2, 0.25) is 0 Å². The van der Waals surface area contributed by atoms with Gasteiger partial charge in [0.2, 0.25) is 5.91 Å². The van der Waals surface area contributed by atoms with Crippen LogP contribution in [-0.2, 0) is 16.0 Å². The second-order valence-electron chi connectivity index (χ2n) is 7.67. The highest BCUT2D eigenvalue weighted by Crippen LogP contribution is 2.36. The number of methoxy groups -OCH3 is 1. The van der Waals surface area contributed by atoms with Crippen molar-refractivity contribution in [2.24, 2.45) is 5.41 Å². The van der Waals surface area contributed by atoms with Crippen molar-refractivity contribution < 1.29 is 23.8 Å². The summed E-state index contributed by atoms with van der Waals surface area (Å²) in [6, 6.07) is 12.2. The van der Waals surface area contributed by atoms with E-state index in [1.54, 1.807) is 20.1 Å². The molecule has 6 heteroatoms. The summed E-state index contributed by atoms with van der Waals surface area (Å²) in [5, 5.41) is 12.4. The van der Waals surface area contributed by atoms with Crippen molar-refractivity contribution >= 4 is 5.91 Å². The van der Waals surface area contributed by atoms with Gasteiger partial charge in [-0.2, -0.15) is 0 Å². The van der Waals surface area contributed by atoms with Gasteiger partial charge in [0, 0.05) is 25.3 Å². The molecule has 0 radical (unpaired) electrons. The average molecular weight is 401 g/mol. The van der Waals surface area contributed by atoms with Crippen molar-refractivity contribution in [3.8, 4) is 16.9 Å². The molecule has 0 spiro atoms. The minimum Gasteiger partial charge on any atom is -0.496 e. The molecular weight excluding hydrogens is 373 g/mol. The van der Waals surface area contributed by atoms with Crippen LogP contribution in [0.1, 0.15) is 25.3 Å². The third-order valence-electron chi connectivity index (χ3n) is 5.46. The molecule has 1 aliphatic rings. The highest BCUT2D eigenvalue weighted by atomic mass is 19.1. The summed E-state index contributed by atoms with van der Waals surface area (Å²) < 4.78 is 24.5. The molecule has 1 aliphatic heterocycles. The summed E-state index contributed by atoms with van der Waals surface area (Å²) in [6.45, 7) is 2.97. The van der Waals surface area contributed by atoms with Gasteiger partial charge in [-0.3, -0.25) is 4.79 Å². The Bertz CT molecular complexity index is 829. The third-order valence-corrected chi connectivity index (χ3v) is 5.46. The van der Waals surface area contributed by atoms with E-state index >= 15 is 0 Å². The zero-order valence-electron chi connectivity index (χ0n) is 16.9. The van der Waals surface area contributed by atoms with Gasteiger partial charge in [0.15, 0.2) is 0 Å². The summed E-state index contributed by atoms with van der Waals surface area (Å²) in [5.74, 6) is 0.246. The zero-order chi connectivity index (χ0) is 20.9. The van der Waals surface area contributed by atoms with Crippen molar-refractivity contribution in [3.63, 3.8) is 0 Å². The average Bonchev–Trinajstić information content (AvgIpc) is 2.73. The van der Waals surface area contributed by atoms with Crippen LogP contribution in [0.15, 0.2) is 42.5 Å². The topological polar surface area (TPSA) is 67.8 Å². The zero-order valence-corrected chi connectivity index (χ0v) is 16.9. The quantitative estimate of drug-likeness (QED) is 0.747. The number of aliphatic hydroxyl groups is 1. The Kier molecular flexibility index (Phi) is 6.87. The summed E-state index contributed by atoms with van der Waals surface area (Å²) >= 11 is 0. The fraction of sp³-hybridized carbons (Fsp3) is 0.435. The second kappa shape index (κ2) is 9.37. The van der Waals surface area contributed by atoms with Crippen LogP contribution in [0.4, 0.5) is 4.39 Å². The molecule has 2 aromatic rings. The van der Waals surface area contributed by atoms with Gasteiger partial charge in [-0.25, -0.2) is 4.39 Å². The lowest BCUT2D eigenvalue weighted by Crippen LogP contribution is -2.47. The Morgan fingerprint density at radius 3 is 2.55 bits per heavy atom. The Morgan fingerprint density at radius 1 is 1.24 bits per heavy atom. The molecule has 1 fully saturated rings. The molecule has 1 atom stereocenters. The first-order valence-corrected chi connectivity index (χ1v) is 9.90. The predicted octanol–water partition coefficient (Wildman–Crippen LogP) is 3.34. The molecule has 0 saturated carbocycles. The first-order chi connectivity index (χ1) is 13.9. The molecule has 2 aromatic carbocycles. The smallest absolute Gasteiger partial charge is 0.226 e. The summed E-state index contributed by atoms with van der Waals surface area (Å²) in [4.78, 5) is 12.9. The maximum Gasteiger partial charge on any atom is 0.226 e. The van der Waals surface area contributed by atoms with E-state index in [-0.39, 0.29) is 18.3 Å². The van der Waals surface area contributed by atoms with Crippen molar-refractivity contribution in [2.75, 3.05) is 26.9 Å². The Labute approximate surface area is 170 Å². The fourth-order valence-electron chi connectivity index (χ4n) is 3.77. The lowest BCUT2D eigenvalue weighted by Gasteiger charge is -2.36. The van der Waals surface area contributed by atoms with E-state index in [0.29, 0.717) is 43.8 Å². The number of amides is 1. The maximum absolute atomic E-state index is 13.7. The van der Waals surface area contributed by atoms with E-state index in [1.807, 2.05) is 24.3 Å². The first kappa shape index (κ1) is 21.3. The van der Waals surface area contributed by atoms with Crippen molar-refractivity contribution in [3.05, 3.63) is 53.8 Å². The Hall–Kier alpha value is -2.44. The number of carbonyl (C=O) groups excluding carboxylic acids is 1. The Morgan fingerprint density at radius 2 is 1.93 bits per heavy atom. The van der Waals surface area contributed by atoms with Crippen molar-refractivity contribution in [1.82, 2.24) is 5.32 Å². The monoisotopic (exact) mass is 401 g/mol. The van der Waals surface area contributed by atoms with Gasteiger partial charge in [-0.05, 0) is 55.5 Å². The summed E-state index contributed by atoms with van der Waals surface area (Å²) in [6.07, 6.45) is 1.27. The number of benzene rings is 2. The number of nitrogens with one attached hydrogen (secondary N) is 1. The molecule has 29 heavy (non-hydrogen) atoms. The van der Waals surface area contributed by atoms with Crippen molar-refractivity contribution in [1.29, 1.82) is 0 Å². The van der Waals surface area contributed by atoms with Crippen LogP contribution in [-0.4, -0.2) is 44.0 Å². The number of hydrogen-bond donors (Lipinski definition) is 2. The third kappa shape index (κ3) is 5.14. The van der Waals surface area contributed by atoms with E-state index < -0.39 is 11.5 Å². The normalized spacial score (nSPS) is 16.8. The lowest BCUT2D eigenvalue weighted by atomic mass is 9.74. The number of hydrogen-bond acceptors (Lipinski definition) is 4. The van der Waals surface area contributed by atoms with Gasteiger partial charge in [0.05, 0.1) is 18.6 Å². The van der Waals surface area contributed by atoms with Gasteiger partial charge < -0.3 is 19.9 Å². The highest BCUT2D eigenvalue weighted by Gasteiger charge is 2.40. The molecule has 2 N–H and O–H groups in total. The van der Waals surface area contributed by atoms with Gasteiger partial charge >= 0.3 is 0 Å². The van der Waals surface area contributed by atoms with Crippen LogP contribution in [0.3, 0.4) is 0 Å². The predicted molar refractivity (Wildman–Crippen MR) is 109 cm³/mol. The molecule has 1 amide bonds. The molecule has 0 aliphatic carbocycles. The SMILES string of the molecule is COc1ccc(F)cc1-c1ccc(CC2(C(=O)NC[C@H](C)O)CCOCC2)cc1. The van der Waals surface area contributed by atoms with E-state index in [9.17, 15) is 14.3 Å². The molecule has 1 heterocycles. The second-order valence-corrected chi connectivity index (χ2v) is 7.67. The van der Waals surface area contributed by atoms with Gasteiger partial charge in [-0.1, -0.05) is 24.3 Å². The summed E-state index contributed by atoms with van der Waals surface area (Å²) in [5.41, 5.74) is 2.02. The van der Waals surface area contributed by atoms with Crippen LogP contribution in [0.5, 0.6) is 5.75 Å². The molecule has 0 unspecified atom stereocenters. The van der Waals surface area contributed by atoms with Crippen LogP contribution in [0, 0.1) is 11.2 Å². The molecule has 0 bridgehead atoms. The minimum absolute atomic E-state index is 0.0439. The van der Waals surface area contributed by atoms with Crippen LogP contribution < -0.4 is 10.1 Å². The van der Waals surface area contributed by atoms with Crippen LogP contribution in [0.25, 0.3) is 11.1 Å². The molecule has 0 aromatic heterocycles. The van der Waals surface area contributed by atoms with Crippen LogP contribution >= 0.6 is 0 Å². The number of carbonyl (C=O) groups is 1. The summed E-state index contributed by atoms with van der Waals surface area (Å²) in [7, 11) is 1.56. The van der Waals surface area contributed by atoms with E-state index in [0.717, 1.165) is 11.1 Å². The molecule has 156 valence electrons. The number of rotatable bonds is 7. The van der Waals surface area contributed by atoms with Gasteiger partial charge in [0.1, 0.15) is 11.6 Å². The van der Waals surface area contributed by atoms with E-state index in [1.165, 1.54) is 12.1 Å². The van der Waals surface area contributed by atoms with Crippen molar-refractivity contribution in [2.45, 2.75) is 32.3 Å². The fourth-order valence-corrected chi connectivity index (χ4v) is 3.77. The van der Waals surface area contributed by atoms with E-state index in [2.05, 4.69) is 5.32 Å². The largest absolute Gasteiger partial charge is 0.496 e. The van der Waals surface area contributed by atoms with E-state index in [4.69, 9.17) is 9.47 Å². The molecule has 3 rings (SSSR count). The maximum atomic E-state index is 13.7. The minimum atomic E-state index is -0.587. The molecular formula is C23H28FNO4. The lowest BCUT2D eigenvalue weighted by molar-refractivity contribution is -0.137. The standard InChI is InChI=1S/C23H28FNO4/c1-16(26)15-25-22(27)23(9-11-29-12-10-23)14-17-3-5-18(6-4-17)20-13-19(24)7-8-21(20)28-2/h3-8,13,16,26H,9-12,14-15H2,1-2H3,(H,25,27)/t16-/m0/s1. The number of aliphatic hydroxyl groups excluding tert-OH is 1. The number of ether oxygens (including phenoxy) is 2. The Balaban J connectivity index is 1.81. The molecule has 1 saturated heterocycles. The number of halogens is 1. The van der Waals surface area contributed by atoms with Gasteiger partial charge in [0.25, 0.3) is 0 Å². The first-order valence-electron chi connectivity index (χ1n) is 9.90.